The van der Waals surface area contributed by atoms with E-state index in [-0.39, 0.29) is 6.04 Å². The van der Waals surface area contributed by atoms with E-state index >= 15 is 0 Å². The van der Waals surface area contributed by atoms with Crippen LogP contribution in [0.3, 0.4) is 0 Å². The highest BCUT2D eigenvalue weighted by molar-refractivity contribution is 7.11. The minimum Gasteiger partial charge on any atom is -0.381 e. The predicted octanol–water partition coefficient (Wildman–Crippen LogP) is 1.69. The highest BCUT2D eigenvalue weighted by Crippen LogP contribution is 2.33. The third kappa shape index (κ3) is 2.43. The van der Waals surface area contributed by atoms with Crippen LogP contribution in [0.25, 0.3) is 0 Å². The number of hydrazine groups is 1. The summed E-state index contributed by atoms with van der Waals surface area (Å²) in [5.41, 5.74) is 4.03. The van der Waals surface area contributed by atoms with Gasteiger partial charge >= 0.3 is 0 Å². The van der Waals surface area contributed by atoms with E-state index < -0.39 is 0 Å². The molecule has 0 aromatic carbocycles. The number of hydrogen-bond acceptors (Lipinski definition) is 5. The maximum absolute atomic E-state index is 5.69. The van der Waals surface area contributed by atoms with Crippen LogP contribution in [-0.2, 0) is 4.74 Å². The lowest BCUT2D eigenvalue weighted by molar-refractivity contribution is 0.0394. The first-order valence-electron chi connectivity index (χ1n) is 5.70. The third-order valence-corrected chi connectivity index (χ3v) is 4.22. The molecular weight excluding hydrogens is 222 g/mol. The van der Waals surface area contributed by atoms with Crippen molar-refractivity contribution < 1.29 is 4.74 Å². The van der Waals surface area contributed by atoms with Crippen LogP contribution in [0, 0.1) is 19.8 Å². The van der Waals surface area contributed by atoms with Gasteiger partial charge in [0.2, 0.25) is 0 Å². The highest BCUT2D eigenvalue weighted by Gasteiger charge is 2.27. The van der Waals surface area contributed by atoms with Gasteiger partial charge in [-0.25, -0.2) is 4.98 Å². The lowest BCUT2D eigenvalue weighted by Gasteiger charge is -2.29. The number of nitrogens with two attached hydrogens (primary N) is 1. The molecule has 1 aromatic rings. The van der Waals surface area contributed by atoms with E-state index in [1.54, 1.807) is 11.3 Å². The molecule has 1 aliphatic rings. The summed E-state index contributed by atoms with van der Waals surface area (Å²) >= 11 is 1.73. The van der Waals surface area contributed by atoms with Crippen LogP contribution in [0.1, 0.15) is 34.5 Å². The van der Waals surface area contributed by atoms with Crippen LogP contribution < -0.4 is 11.3 Å². The van der Waals surface area contributed by atoms with E-state index in [1.807, 2.05) is 13.8 Å². The van der Waals surface area contributed by atoms with Crippen LogP contribution in [0.2, 0.25) is 0 Å². The number of hydrogen-bond donors (Lipinski definition) is 2. The summed E-state index contributed by atoms with van der Waals surface area (Å²) in [6.45, 7) is 5.76. The summed E-state index contributed by atoms with van der Waals surface area (Å²) in [4.78, 5) is 5.72. The number of aromatic nitrogens is 1. The maximum Gasteiger partial charge on any atom is 0.0900 e. The van der Waals surface area contributed by atoms with Crippen LogP contribution >= 0.6 is 11.3 Å². The molecule has 1 aliphatic heterocycles. The lowest BCUT2D eigenvalue weighted by atomic mass is 9.92. The Morgan fingerprint density at radius 3 is 2.88 bits per heavy atom. The fraction of sp³-hybridized carbons (Fsp3) is 0.727. The van der Waals surface area contributed by atoms with Crippen molar-refractivity contribution in [3.8, 4) is 0 Å². The SMILES string of the molecule is Cc1nc(C)c(C(NN)C2CCCOC2)s1. The van der Waals surface area contributed by atoms with Gasteiger partial charge in [0.25, 0.3) is 0 Å². The molecule has 0 amide bonds. The number of rotatable bonds is 3. The van der Waals surface area contributed by atoms with Crippen molar-refractivity contribution in [2.24, 2.45) is 11.8 Å². The molecule has 1 aromatic heterocycles. The predicted molar refractivity (Wildman–Crippen MR) is 65.2 cm³/mol. The normalized spacial score (nSPS) is 23.3. The van der Waals surface area contributed by atoms with Gasteiger partial charge in [0.1, 0.15) is 0 Å². The van der Waals surface area contributed by atoms with Gasteiger partial charge in [-0.05, 0) is 26.7 Å². The van der Waals surface area contributed by atoms with E-state index in [2.05, 4.69) is 10.4 Å². The van der Waals surface area contributed by atoms with Crippen LogP contribution in [0.4, 0.5) is 0 Å². The summed E-state index contributed by atoms with van der Waals surface area (Å²) < 4.78 is 5.52. The average Bonchev–Trinajstić information content (AvgIpc) is 2.61. The van der Waals surface area contributed by atoms with Crippen LogP contribution in [0.15, 0.2) is 0 Å². The molecule has 90 valence electrons. The fourth-order valence-electron chi connectivity index (χ4n) is 2.29. The molecule has 0 aliphatic carbocycles. The second kappa shape index (κ2) is 5.23. The van der Waals surface area contributed by atoms with E-state index in [4.69, 9.17) is 10.6 Å². The minimum absolute atomic E-state index is 0.187. The minimum atomic E-state index is 0.187. The quantitative estimate of drug-likeness (QED) is 0.624. The molecule has 5 heteroatoms. The molecule has 0 spiro atoms. The summed E-state index contributed by atoms with van der Waals surface area (Å²) in [5, 5.41) is 1.10. The molecule has 3 N–H and O–H groups in total. The second-order valence-corrected chi connectivity index (χ2v) is 5.54. The molecule has 1 saturated heterocycles. The summed E-state index contributed by atoms with van der Waals surface area (Å²) in [6, 6.07) is 0.187. The largest absolute Gasteiger partial charge is 0.381 e. The molecule has 2 heterocycles. The fourth-order valence-corrected chi connectivity index (χ4v) is 3.37. The molecule has 0 saturated carbocycles. The van der Waals surface area contributed by atoms with Crippen molar-refractivity contribution in [3.05, 3.63) is 15.6 Å². The van der Waals surface area contributed by atoms with Gasteiger partial charge in [-0.1, -0.05) is 0 Å². The second-order valence-electron chi connectivity index (χ2n) is 4.30. The monoisotopic (exact) mass is 241 g/mol. The first-order chi connectivity index (χ1) is 7.72. The molecule has 1 fully saturated rings. The van der Waals surface area contributed by atoms with Gasteiger partial charge in [0.05, 0.1) is 23.4 Å². The first kappa shape index (κ1) is 12.0. The Labute approximate surface area is 100 Å². The third-order valence-electron chi connectivity index (χ3n) is 3.07. The Kier molecular flexibility index (Phi) is 3.91. The number of nitrogens with zero attached hydrogens (tertiary/aromatic N) is 1. The Morgan fingerprint density at radius 2 is 2.38 bits per heavy atom. The molecule has 2 atom stereocenters. The first-order valence-corrected chi connectivity index (χ1v) is 6.52. The zero-order valence-corrected chi connectivity index (χ0v) is 10.6. The zero-order valence-electron chi connectivity index (χ0n) is 9.82. The number of nitrogens with one attached hydrogen (secondary N) is 1. The molecule has 0 radical (unpaired) electrons. The smallest absolute Gasteiger partial charge is 0.0900 e. The molecule has 16 heavy (non-hydrogen) atoms. The molecule has 4 nitrogen and oxygen atoms in total. The molecular formula is C11H19N3OS. The van der Waals surface area contributed by atoms with Gasteiger partial charge in [-0.15, -0.1) is 11.3 Å². The number of aryl methyl sites for hydroxylation is 2. The van der Waals surface area contributed by atoms with Crippen LogP contribution in [-0.4, -0.2) is 18.2 Å². The molecule has 0 bridgehead atoms. The van der Waals surface area contributed by atoms with Crippen molar-refractivity contribution in [3.63, 3.8) is 0 Å². The van der Waals surface area contributed by atoms with E-state index in [1.165, 1.54) is 11.3 Å². The summed E-state index contributed by atoms with van der Waals surface area (Å²) in [5.74, 6) is 6.16. The van der Waals surface area contributed by atoms with Crippen molar-refractivity contribution in [2.75, 3.05) is 13.2 Å². The van der Waals surface area contributed by atoms with Gasteiger partial charge in [-0.3, -0.25) is 11.3 Å². The standard InChI is InChI=1S/C11H19N3OS/c1-7-11(16-8(2)13-7)10(14-12)9-4-3-5-15-6-9/h9-10,14H,3-6,12H2,1-2H3. The Balaban J connectivity index is 2.17. The maximum atomic E-state index is 5.69. The van der Waals surface area contributed by atoms with E-state index in [0.717, 1.165) is 30.3 Å². The lowest BCUT2D eigenvalue weighted by Crippen LogP contribution is -2.37. The van der Waals surface area contributed by atoms with Gasteiger partial charge in [0.15, 0.2) is 0 Å². The van der Waals surface area contributed by atoms with E-state index in [9.17, 15) is 0 Å². The Morgan fingerprint density at radius 1 is 1.56 bits per heavy atom. The number of thiazole rings is 1. The average molecular weight is 241 g/mol. The van der Waals surface area contributed by atoms with Gasteiger partial charge in [-0.2, -0.15) is 0 Å². The number of ether oxygens (including phenoxy) is 1. The summed E-state index contributed by atoms with van der Waals surface area (Å²) in [6.07, 6.45) is 2.30. The van der Waals surface area contributed by atoms with Gasteiger partial charge in [0, 0.05) is 17.4 Å². The van der Waals surface area contributed by atoms with Crippen molar-refractivity contribution >= 4 is 11.3 Å². The molecule has 2 unspecified atom stereocenters. The van der Waals surface area contributed by atoms with Crippen molar-refractivity contribution in [1.82, 2.24) is 10.4 Å². The Hall–Kier alpha value is -0.490. The topological polar surface area (TPSA) is 60.2 Å². The van der Waals surface area contributed by atoms with Gasteiger partial charge < -0.3 is 4.74 Å². The van der Waals surface area contributed by atoms with Crippen molar-refractivity contribution in [1.29, 1.82) is 0 Å². The summed E-state index contributed by atoms with van der Waals surface area (Å²) in [7, 11) is 0. The zero-order chi connectivity index (χ0) is 11.5. The van der Waals surface area contributed by atoms with Crippen LogP contribution in [0.5, 0.6) is 0 Å². The van der Waals surface area contributed by atoms with E-state index in [0.29, 0.717) is 5.92 Å². The highest BCUT2D eigenvalue weighted by atomic mass is 32.1. The Bertz CT molecular complexity index is 347. The van der Waals surface area contributed by atoms with Crippen molar-refractivity contribution in [2.45, 2.75) is 32.7 Å². The molecule has 2 rings (SSSR count).